The van der Waals surface area contributed by atoms with Gasteiger partial charge in [0.25, 0.3) is 0 Å². The fourth-order valence-corrected chi connectivity index (χ4v) is 2.75. The summed E-state index contributed by atoms with van der Waals surface area (Å²) in [4.78, 5) is 26.3. The fraction of sp³-hybridized carbons (Fsp3) is 0.467. The number of carbonyl (C=O) groups is 2. The summed E-state index contributed by atoms with van der Waals surface area (Å²) in [6.07, 6.45) is 0.243. The van der Waals surface area contributed by atoms with Crippen molar-refractivity contribution in [2.24, 2.45) is 5.73 Å². The highest BCUT2D eigenvalue weighted by atomic mass is 35.5. The number of nitrogens with zero attached hydrogens (tertiary/aromatic N) is 2. The van der Waals surface area contributed by atoms with Gasteiger partial charge in [0, 0.05) is 50.7 Å². The van der Waals surface area contributed by atoms with Crippen LogP contribution in [0.4, 0.5) is 9.18 Å². The Labute approximate surface area is 139 Å². The number of primary amides is 1. The fourth-order valence-electron chi connectivity index (χ4n) is 2.52. The third kappa shape index (κ3) is 5.78. The number of carbonyl (C=O) groups excluding carboxylic acids is 2. The molecule has 8 heteroatoms. The van der Waals surface area contributed by atoms with E-state index in [1.165, 1.54) is 12.1 Å². The van der Waals surface area contributed by atoms with Crippen LogP contribution in [0.2, 0.25) is 5.02 Å². The minimum atomic E-state index is -0.823. The number of amides is 3. The van der Waals surface area contributed by atoms with Crippen molar-refractivity contribution in [3.8, 4) is 0 Å². The molecule has 0 unspecified atom stereocenters. The number of piperazine rings is 1. The average Bonchev–Trinajstić information content (AvgIpc) is 2.49. The zero-order chi connectivity index (χ0) is 16.8. The van der Waals surface area contributed by atoms with Crippen molar-refractivity contribution in [1.29, 1.82) is 0 Å². The lowest BCUT2D eigenvalue weighted by atomic mass is 10.2. The average molecular weight is 343 g/mol. The third-order valence-electron chi connectivity index (χ3n) is 3.79. The molecule has 2 rings (SSSR count). The van der Waals surface area contributed by atoms with Gasteiger partial charge in [-0.15, -0.1) is 0 Å². The molecular weight excluding hydrogens is 323 g/mol. The van der Waals surface area contributed by atoms with E-state index in [1.54, 1.807) is 6.07 Å². The van der Waals surface area contributed by atoms with Crippen molar-refractivity contribution in [3.05, 3.63) is 34.6 Å². The van der Waals surface area contributed by atoms with Crippen LogP contribution in [0.1, 0.15) is 12.0 Å². The molecule has 1 aliphatic heterocycles. The van der Waals surface area contributed by atoms with Crippen molar-refractivity contribution in [2.75, 3.05) is 32.7 Å². The molecule has 0 aliphatic carbocycles. The summed E-state index contributed by atoms with van der Waals surface area (Å²) in [7, 11) is 0. The van der Waals surface area contributed by atoms with Gasteiger partial charge in [-0.1, -0.05) is 17.7 Å². The Morgan fingerprint density at radius 3 is 2.48 bits per heavy atom. The lowest BCUT2D eigenvalue weighted by molar-refractivity contribution is -0.120. The quantitative estimate of drug-likeness (QED) is 0.842. The van der Waals surface area contributed by atoms with Crippen molar-refractivity contribution < 1.29 is 14.0 Å². The van der Waals surface area contributed by atoms with E-state index >= 15 is 0 Å². The molecule has 6 nitrogen and oxygen atoms in total. The van der Waals surface area contributed by atoms with Gasteiger partial charge in [0.2, 0.25) is 5.91 Å². The molecule has 1 heterocycles. The van der Waals surface area contributed by atoms with Crippen LogP contribution in [0, 0.1) is 5.82 Å². The van der Waals surface area contributed by atoms with Crippen molar-refractivity contribution >= 4 is 23.5 Å². The number of nitrogens with one attached hydrogen (secondary N) is 1. The second kappa shape index (κ2) is 8.24. The molecule has 0 spiro atoms. The maximum absolute atomic E-state index is 13.0. The SMILES string of the molecule is NC(=O)NC(=O)CCN1CCN(Cc2ccc(F)cc2Cl)CC1. The molecule has 23 heavy (non-hydrogen) atoms. The van der Waals surface area contributed by atoms with Gasteiger partial charge in [0.1, 0.15) is 5.82 Å². The molecule has 0 aromatic heterocycles. The molecule has 0 radical (unpaired) electrons. The monoisotopic (exact) mass is 342 g/mol. The lowest BCUT2D eigenvalue weighted by Gasteiger charge is -2.34. The van der Waals surface area contributed by atoms with Crippen LogP contribution in [0.25, 0.3) is 0 Å². The Bertz CT molecular complexity index is 577. The maximum Gasteiger partial charge on any atom is 0.318 e. The largest absolute Gasteiger partial charge is 0.351 e. The van der Waals surface area contributed by atoms with Crippen LogP contribution in [0.15, 0.2) is 18.2 Å². The summed E-state index contributed by atoms with van der Waals surface area (Å²) >= 11 is 6.04. The van der Waals surface area contributed by atoms with Crippen molar-refractivity contribution in [1.82, 2.24) is 15.1 Å². The Balaban J connectivity index is 1.73. The lowest BCUT2D eigenvalue weighted by Crippen LogP contribution is -2.47. The summed E-state index contributed by atoms with van der Waals surface area (Å²) in [5.74, 6) is -0.698. The number of hydrogen-bond donors (Lipinski definition) is 2. The number of benzene rings is 1. The maximum atomic E-state index is 13.0. The van der Waals surface area contributed by atoms with E-state index in [1.807, 2.05) is 0 Å². The zero-order valence-electron chi connectivity index (χ0n) is 12.7. The topological polar surface area (TPSA) is 78.7 Å². The molecule has 1 aromatic rings. The van der Waals surface area contributed by atoms with Crippen LogP contribution in [-0.4, -0.2) is 54.5 Å². The second-order valence-corrected chi connectivity index (χ2v) is 5.92. The summed E-state index contributed by atoms with van der Waals surface area (Å²) < 4.78 is 13.0. The van der Waals surface area contributed by atoms with Crippen LogP contribution < -0.4 is 11.1 Å². The Morgan fingerprint density at radius 2 is 1.87 bits per heavy atom. The number of urea groups is 1. The zero-order valence-corrected chi connectivity index (χ0v) is 13.5. The molecular formula is C15H20ClFN4O2. The molecule has 1 aromatic carbocycles. The number of halogens is 2. The third-order valence-corrected chi connectivity index (χ3v) is 4.14. The predicted molar refractivity (Wildman–Crippen MR) is 85.5 cm³/mol. The van der Waals surface area contributed by atoms with E-state index in [9.17, 15) is 14.0 Å². The van der Waals surface area contributed by atoms with E-state index < -0.39 is 6.03 Å². The summed E-state index contributed by atoms with van der Waals surface area (Å²) in [6.45, 7) is 4.58. The van der Waals surface area contributed by atoms with Crippen LogP contribution in [0.3, 0.4) is 0 Å². The second-order valence-electron chi connectivity index (χ2n) is 5.52. The molecule has 0 atom stereocenters. The highest BCUT2D eigenvalue weighted by molar-refractivity contribution is 6.31. The first-order chi connectivity index (χ1) is 10.9. The minimum absolute atomic E-state index is 0.243. The molecule has 3 N–H and O–H groups in total. The minimum Gasteiger partial charge on any atom is -0.351 e. The van der Waals surface area contributed by atoms with E-state index in [4.69, 9.17) is 17.3 Å². The standard InChI is InChI=1S/C15H20ClFN4O2/c16-13-9-12(17)2-1-11(13)10-21-7-5-20(6-8-21)4-3-14(22)19-15(18)23/h1-2,9H,3-8,10H2,(H3,18,19,22,23). The van der Waals surface area contributed by atoms with Crippen molar-refractivity contribution in [3.63, 3.8) is 0 Å². The van der Waals surface area contributed by atoms with E-state index in [2.05, 4.69) is 15.1 Å². The Hall–Kier alpha value is -1.70. The molecule has 0 bridgehead atoms. The first-order valence-corrected chi connectivity index (χ1v) is 7.80. The summed E-state index contributed by atoms with van der Waals surface area (Å²) in [6, 6.07) is 3.62. The summed E-state index contributed by atoms with van der Waals surface area (Å²) in [5, 5.41) is 2.49. The first kappa shape index (κ1) is 17.7. The van der Waals surface area contributed by atoms with Crippen LogP contribution >= 0.6 is 11.6 Å². The van der Waals surface area contributed by atoms with Crippen LogP contribution in [0.5, 0.6) is 0 Å². The van der Waals surface area contributed by atoms with Gasteiger partial charge in [-0.05, 0) is 17.7 Å². The van der Waals surface area contributed by atoms with Gasteiger partial charge < -0.3 is 10.6 Å². The Morgan fingerprint density at radius 1 is 1.22 bits per heavy atom. The molecule has 1 saturated heterocycles. The summed E-state index contributed by atoms with van der Waals surface area (Å²) in [5.41, 5.74) is 5.79. The van der Waals surface area contributed by atoms with Gasteiger partial charge >= 0.3 is 6.03 Å². The number of imide groups is 1. The van der Waals surface area contributed by atoms with Gasteiger partial charge in [0.05, 0.1) is 0 Å². The highest BCUT2D eigenvalue weighted by Gasteiger charge is 2.18. The van der Waals surface area contributed by atoms with E-state index in [0.717, 1.165) is 31.7 Å². The van der Waals surface area contributed by atoms with Gasteiger partial charge in [0.15, 0.2) is 0 Å². The van der Waals surface area contributed by atoms with Crippen LogP contribution in [-0.2, 0) is 11.3 Å². The number of hydrogen-bond acceptors (Lipinski definition) is 4. The Kier molecular flexibility index (Phi) is 6.32. The van der Waals surface area contributed by atoms with Gasteiger partial charge in [-0.3, -0.25) is 15.0 Å². The molecule has 1 aliphatic rings. The van der Waals surface area contributed by atoms with E-state index in [-0.39, 0.29) is 18.1 Å². The number of nitrogens with two attached hydrogens (primary N) is 1. The van der Waals surface area contributed by atoms with Crippen molar-refractivity contribution in [2.45, 2.75) is 13.0 Å². The van der Waals surface area contributed by atoms with Gasteiger partial charge in [-0.25, -0.2) is 9.18 Å². The molecule has 126 valence electrons. The highest BCUT2D eigenvalue weighted by Crippen LogP contribution is 2.19. The smallest absolute Gasteiger partial charge is 0.318 e. The molecule has 3 amide bonds. The molecule has 1 fully saturated rings. The first-order valence-electron chi connectivity index (χ1n) is 7.42. The number of rotatable bonds is 5. The normalized spacial score (nSPS) is 16.3. The predicted octanol–water partition coefficient (Wildman–Crippen LogP) is 1.18. The molecule has 0 saturated carbocycles. The van der Waals surface area contributed by atoms with E-state index in [0.29, 0.717) is 18.1 Å². The van der Waals surface area contributed by atoms with Gasteiger partial charge in [-0.2, -0.15) is 0 Å².